The standard InChI is InChI=1S/C10H14O/c1-7-5-9(11)6-10(3-4-10)8(7)2/h3-6H2,1-2H3. The van der Waals surface area contributed by atoms with E-state index in [1.165, 1.54) is 24.0 Å². The Bertz CT molecular complexity index is 244. The minimum Gasteiger partial charge on any atom is -0.299 e. The second kappa shape index (κ2) is 1.96. The summed E-state index contributed by atoms with van der Waals surface area (Å²) in [4.78, 5) is 11.2. The van der Waals surface area contributed by atoms with Crippen molar-refractivity contribution in [3.05, 3.63) is 11.1 Å². The molecule has 2 aliphatic carbocycles. The number of ketones is 1. The summed E-state index contributed by atoms with van der Waals surface area (Å²) in [6.07, 6.45) is 4.05. The van der Waals surface area contributed by atoms with Gasteiger partial charge in [-0.15, -0.1) is 0 Å². The number of hydrogen-bond acceptors (Lipinski definition) is 1. The van der Waals surface area contributed by atoms with Gasteiger partial charge in [0.2, 0.25) is 0 Å². The Labute approximate surface area is 67.5 Å². The van der Waals surface area contributed by atoms with Crippen LogP contribution in [0.4, 0.5) is 0 Å². The molecule has 0 heterocycles. The molecular weight excluding hydrogens is 136 g/mol. The van der Waals surface area contributed by atoms with Crippen molar-refractivity contribution < 1.29 is 4.79 Å². The molecule has 0 aromatic carbocycles. The van der Waals surface area contributed by atoms with Crippen LogP contribution in [0.2, 0.25) is 0 Å². The largest absolute Gasteiger partial charge is 0.299 e. The molecule has 1 nitrogen and oxygen atoms in total. The monoisotopic (exact) mass is 150 g/mol. The van der Waals surface area contributed by atoms with Crippen LogP contribution in [-0.4, -0.2) is 5.78 Å². The third-order valence-corrected chi connectivity index (χ3v) is 3.29. The van der Waals surface area contributed by atoms with Gasteiger partial charge in [0.05, 0.1) is 0 Å². The lowest BCUT2D eigenvalue weighted by Gasteiger charge is -2.23. The third kappa shape index (κ3) is 0.943. The van der Waals surface area contributed by atoms with E-state index in [4.69, 9.17) is 0 Å². The summed E-state index contributed by atoms with van der Waals surface area (Å²) < 4.78 is 0. The normalized spacial score (nSPS) is 28.0. The minimum atomic E-state index is 0.361. The molecule has 0 saturated heterocycles. The van der Waals surface area contributed by atoms with E-state index in [2.05, 4.69) is 13.8 Å². The van der Waals surface area contributed by atoms with E-state index >= 15 is 0 Å². The van der Waals surface area contributed by atoms with Gasteiger partial charge < -0.3 is 0 Å². The van der Waals surface area contributed by atoms with Crippen LogP contribution in [0.15, 0.2) is 11.1 Å². The SMILES string of the molecule is CC1=C(C)C2(CC2)CC(=O)C1. The lowest BCUT2D eigenvalue weighted by Crippen LogP contribution is -2.17. The highest BCUT2D eigenvalue weighted by Crippen LogP contribution is 2.57. The van der Waals surface area contributed by atoms with Gasteiger partial charge in [0.1, 0.15) is 5.78 Å². The van der Waals surface area contributed by atoms with E-state index in [0.717, 1.165) is 6.42 Å². The van der Waals surface area contributed by atoms with Gasteiger partial charge in [-0.05, 0) is 32.1 Å². The summed E-state index contributed by atoms with van der Waals surface area (Å²) in [7, 11) is 0. The molecule has 0 atom stereocenters. The molecule has 1 saturated carbocycles. The van der Waals surface area contributed by atoms with Crippen molar-refractivity contribution in [3.8, 4) is 0 Å². The maximum atomic E-state index is 11.2. The minimum absolute atomic E-state index is 0.361. The van der Waals surface area contributed by atoms with Gasteiger partial charge in [-0.25, -0.2) is 0 Å². The van der Waals surface area contributed by atoms with Gasteiger partial charge in [0, 0.05) is 12.8 Å². The van der Waals surface area contributed by atoms with E-state index in [1.54, 1.807) is 0 Å². The highest BCUT2D eigenvalue weighted by atomic mass is 16.1. The maximum Gasteiger partial charge on any atom is 0.137 e. The van der Waals surface area contributed by atoms with Gasteiger partial charge in [-0.1, -0.05) is 11.1 Å². The van der Waals surface area contributed by atoms with Crippen LogP contribution in [0.1, 0.15) is 39.5 Å². The second-order valence-electron chi connectivity index (χ2n) is 4.08. The zero-order valence-electron chi connectivity index (χ0n) is 7.24. The summed E-state index contributed by atoms with van der Waals surface area (Å²) in [6, 6.07) is 0. The highest BCUT2D eigenvalue weighted by Gasteiger charge is 2.48. The van der Waals surface area contributed by atoms with Crippen LogP contribution in [-0.2, 0) is 4.79 Å². The van der Waals surface area contributed by atoms with Crippen LogP contribution in [0.25, 0.3) is 0 Å². The number of allylic oxidation sites excluding steroid dienone is 2. The Kier molecular flexibility index (Phi) is 1.26. The number of carbonyl (C=O) groups excluding carboxylic acids is 1. The Morgan fingerprint density at radius 2 is 1.91 bits per heavy atom. The first-order chi connectivity index (χ1) is 5.14. The van der Waals surface area contributed by atoms with Crippen molar-refractivity contribution in [3.63, 3.8) is 0 Å². The van der Waals surface area contributed by atoms with Crippen molar-refractivity contribution in [2.45, 2.75) is 39.5 Å². The molecule has 0 unspecified atom stereocenters. The first-order valence-electron chi connectivity index (χ1n) is 4.33. The molecule has 2 rings (SSSR count). The summed E-state index contributed by atoms with van der Waals surface area (Å²) in [5.74, 6) is 0.450. The van der Waals surface area contributed by atoms with Crippen molar-refractivity contribution in [1.29, 1.82) is 0 Å². The van der Waals surface area contributed by atoms with E-state index in [-0.39, 0.29) is 0 Å². The average molecular weight is 150 g/mol. The topological polar surface area (TPSA) is 17.1 Å². The number of hydrogen-bond donors (Lipinski definition) is 0. The van der Waals surface area contributed by atoms with Crippen LogP contribution in [0.3, 0.4) is 0 Å². The van der Waals surface area contributed by atoms with Gasteiger partial charge >= 0.3 is 0 Å². The fourth-order valence-corrected chi connectivity index (χ4v) is 2.16. The Balaban J connectivity index is 2.36. The first-order valence-corrected chi connectivity index (χ1v) is 4.33. The second-order valence-corrected chi connectivity index (χ2v) is 4.08. The molecule has 0 aliphatic heterocycles. The van der Waals surface area contributed by atoms with Crippen LogP contribution in [0, 0.1) is 5.41 Å². The van der Waals surface area contributed by atoms with Crippen molar-refractivity contribution in [2.24, 2.45) is 5.41 Å². The molecule has 60 valence electrons. The summed E-state index contributed by atoms with van der Waals surface area (Å²) >= 11 is 0. The smallest absolute Gasteiger partial charge is 0.137 e. The Hall–Kier alpha value is -0.590. The Morgan fingerprint density at radius 1 is 1.27 bits per heavy atom. The fourth-order valence-electron chi connectivity index (χ4n) is 2.16. The summed E-state index contributed by atoms with van der Waals surface area (Å²) in [5.41, 5.74) is 3.20. The molecule has 0 aromatic rings. The molecule has 0 bridgehead atoms. The average Bonchev–Trinajstić information content (AvgIpc) is 2.65. The first kappa shape index (κ1) is 7.08. The molecule has 1 heteroatoms. The van der Waals surface area contributed by atoms with E-state index in [1.807, 2.05) is 0 Å². The molecule has 1 spiro atoms. The van der Waals surface area contributed by atoms with Crippen LogP contribution in [0.5, 0.6) is 0 Å². The predicted molar refractivity (Wildman–Crippen MR) is 44.3 cm³/mol. The predicted octanol–water partition coefficient (Wildman–Crippen LogP) is 2.47. The lowest BCUT2D eigenvalue weighted by molar-refractivity contribution is -0.119. The molecule has 0 radical (unpaired) electrons. The van der Waals surface area contributed by atoms with Crippen molar-refractivity contribution >= 4 is 5.78 Å². The van der Waals surface area contributed by atoms with Crippen molar-refractivity contribution in [1.82, 2.24) is 0 Å². The number of rotatable bonds is 0. The van der Waals surface area contributed by atoms with E-state index in [0.29, 0.717) is 17.6 Å². The van der Waals surface area contributed by atoms with Gasteiger partial charge in [-0.3, -0.25) is 4.79 Å². The molecule has 0 N–H and O–H groups in total. The highest BCUT2D eigenvalue weighted by molar-refractivity contribution is 5.84. The molecular formula is C10H14O. The fraction of sp³-hybridized carbons (Fsp3) is 0.700. The Morgan fingerprint density at radius 3 is 2.45 bits per heavy atom. The van der Waals surface area contributed by atoms with Gasteiger partial charge in [0.15, 0.2) is 0 Å². The van der Waals surface area contributed by atoms with Gasteiger partial charge in [0.25, 0.3) is 0 Å². The van der Waals surface area contributed by atoms with Crippen LogP contribution < -0.4 is 0 Å². The van der Waals surface area contributed by atoms with E-state index in [9.17, 15) is 4.79 Å². The van der Waals surface area contributed by atoms with Gasteiger partial charge in [-0.2, -0.15) is 0 Å². The quantitative estimate of drug-likeness (QED) is 0.485. The zero-order valence-corrected chi connectivity index (χ0v) is 7.24. The number of Topliss-reactive ketones (excluding diaryl/α,β-unsaturated/α-hetero) is 1. The molecule has 0 amide bonds. The lowest BCUT2D eigenvalue weighted by atomic mass is 9.81. The molecule has 11 heavy (non-hydrogen) atoms. The molecule has 2 aliphatic rings. The summed E-state index contributed by atoms with van der Waals surface area (Å²) in [6.45, 7) is 4.31. The van der Waals surface area contributed by atoms with Crippen LogP contribution >= 0.6 is 0 Å². The third-order valence-electron chi connectivity index (χ3n) is 3.29. The molecule has 1 fully saturated rings. The number of carbonyl (C=O) groups is 1. The summed E-state index contributed by atoms with van der Waals surface area (Å²) in [5, 5.41) is 0. The van der Waals surface area contributed by atoms with E-state index < -0.39 is 0 Å². The van der Waals surface area contributed by atoms with Crippen molar-refractivity contribution in [2.75, 3.05) is 0 Å². The zero-order chi connectivity index (χ0) is 8.06. The molecule has 0 aromatic heterocycles. The maximum absolute atomic E-state index is 11.2.